The number of nitrogens with zero attached hydrogens (tertiary/aromatic N) is 1. The summed E-state index contributed by atoms with van der Waals surface area (Å²) in [5.41, 5.74) is 0.430. The van der Waals surface area contributed by atoms with Gasteiger partial charge in [-0.1, -0.05) is 23.7 Å². The fourth-order valence-electron chi connectivity index (χ4n) is 3.09. The Hall–Kier alpha value is -2.67. The number of alkyl halides is 3. The summed E-state index contributed by atoms with van der Waals surface area (Å²) in [5.74, 6) is -1.05. The van der Waals surface area contributed by atoms with Crippen molar-refractivity contribution in [1.29, 1.82) is 0 Å². The number of benzene rings is 2. The summed E-state index contributed by atoms with van der Waals surface area (Å²) in [6.45, 7) is -0.132. The minimum absolute atomic E-state index is 0.132. The third-order valence-electron chi connectivity index (χ3n) is 4.29. The van der Waals surface area contributed by atoms with E-state index in [1.54, 1.807) is 24.3 Å². The fraction of sp³-hybridized carbons (Fsp3) is 0.211. The average Bonchev–Trinajstić information content (AvgIpc) is 2.60. The van der Waals surface area contributed by atoms with Crippen LogP contribution in [0.2, 0.25) is 5.02 Å². The number of halogens is 4. The molecule has 142 valence electrons. The van der Waals surface area contributed by atoms with Crippen molar-refractivity contribution in [2.24, 2.45) is 0 Å². The van der Waals surface area contributed by atoms with Crippen LogP contribution >= 0.6 is 11.6 Å². The first kappa shape index (κ1) is 19.1. The molecule has 4 nitrogen and oxygen atoms in total. The molecule has 1 aliphatic heterocycles. The van der Waals surface area contributed by atoms with E-state index in [2.05, 4.69) is 0 Å². The molecule has 1 aliphatic rings. The third-order valence-corrected chi connectivity index (χ3v) is 4.52. The molecule has 0 radical (unpaired) electrons. The molecule has 0 fully saturated rings. The SMILES string of the molecule is COc1ccc(CN2c3ccc(Cl)cc3C=C(C(=O)O)C2C(F)(F)F)cc1. The lowest BCUT2D eigenvalue weighted by Crippen LogP contribution is -2.50. The Labute approximate surface area is 158 Å². The monoisotopic (exact) mass is 397 g/mol. The van der Waals surface area contributed by atoms with Gasteiger partial charge in [0.05, 0.1) is 12.7 Å². The number of hydrogen-bond acceptors (Lipinski definition) is 3. The molecule has 2 aromatic rings. The van der Waals surface area contributed by atoms with Crippen LogP contribution in [0.1, 0.15) is 11.1 Å². The van der Waals surface area contributed by atoms with Gasteiger partial charge in [-0.25, -0.2) is 4.79 Å². The molecule has 1 unspecified atom stereocenters. The third kappa shape index (κ3) is 3.88. The van der Waals surface area contributed by atoms with Crippen LogP contribution in [0.4, 0.5) is 18.9 Å². The Kier molecular flexibility index (Phi) is 5.06. The van der Waals surface area contributed by atoms with Gasteiger partial charge in [0, 0.05) is 17.3 Å². The van der Waals surface area contributed by atoms with E-state index < -0.39 is 23.8 Å². The first-order chi connectivity index (χ1) is 12.7. The summed E-state index contributed by atoms with van der Waals surface area (Å²) in [6.07, 6.45) is -3.74. The van der Waals surface area contributed by atoms with Gasteiger partial charge in [-0.05, 0) is 47.5 Å². The van der Waals surface area contributed by atoms with Crippen LogP contribution in [-0.2, 0) is 11.3 Å². The van der Waals surface area contributed by atoms with E-state index in [1.807, 2.05) is 0 Å². The maximum atomic E-state index is 13.8. The number of fused-ring (bicyclic) bond motifs is 1. The van der Waals surface area contributed by atoms with Crippen molar-refractivity contribution in [1.82, 2.24) is 0 Å². The van der Waals surface area contributed by atoms with E-state index >= 15 is 0 Å². The van der Waals surface area contributed by atoms with Crippen molar-refractivity contribution in [2.45, 2.75) is 18.8 Å². The van der Waals surface area contributed by atoms with Crippen molar-refractivity contribution in [3.8, 4) is 5.75 Å². The average molecular weight is 398 g/mol. The van der Waals surface area contributed by atoms with Gasteiger partial charge in [0.1, 0.15) is 5.75 Å². The molecular formula is C19H15ClF3NO3. The Morgan fingerprint density at radius 2 is 1.89 bits per heavy atom. The van der Waals surface area contributed by atoms with Crippen LogP contribution in [0.15, 0.2) is 48.0 Å². The van der Waals surface area contributed by atoms with Gasteiger partial charge in [0.2, 0.25) is 0 Å². The van der Waals surface area contributed by atoms with Crippen molar-refractivity contribution in [2.75, 3.05) is 12.0 Å². The zero-order valence-electron chi connectivity index (χ0n) is 14.1. The second kappa shape index (κ2) is 7.15. The summed E-state index contributed by atoms with van der Waals surface area (Å²) in [4.78, 5) is 12.6. The molecule has 8 heteroatoms. The zero-order chi connectivity index (χ0) is 19.8. The van der Waals surface area contributed by atoms with E-state index in [4.69, 9.17) is 16.3 Å². The standard InChI is InChI=1S/C19H15ClF3NO3/c1-27-14-5-2-11(3-6-14)10-24-16-7-4-13(20)8-12(16)9-15(18(25)26)17(24)19(21,22)23/h2-9,17H,10H2,1H3,(H,25,26). The highest BCUT2D eigenvalue weighted by Crippen LogP contribution is 2.41. The van der Waals surface area contributed by atoms with Gasteiger partial charge < -0.3 is 14.7 Å². The topological polar surface area (TPSA) is 49.8 Å². The molecule has 0 aliphatic carbocycles. The van der Waals surface area contributed by atoms with Gasteiger partial charge in [0.15, 0.2) is 6.04 Å². The van der Waals surface area contributed by atoms with Gasteiger partial charge in [-0.2, -0.15) is 13.2 Å². The second-order valence-electron chi connectivity index (χ2n) is 6.03. The molecule has 0 saturated heterocycles. The number of carbonyl (C=O) groups is 1. The van der Waals surface area contributed by atoms with Crippen molar-refractivity contribution >= 4 is 29.3 Å². The summed E-state index contributed by atoms with van der Waals surface area (Å²) < 4.78 is 46.5. The van der Waals surface area contributed by atoms with Crippen LogP contribution in [0, 0.1) is 0 Å². The summed E-state index contributed by atoms with van der Waals surface area (Å²) >= 11 is 5.94. The number of anilines is 1. The minimum atomic E-state index is -4.77. The smallest absolute Gasteiger partial charge is 0.413 e. The molecular weight excluding hydrogens is 383 g/mol. The number of rotatable bonds is 4. The van der Waals surface area contributed by atoms with Crippen molar-refractivity contribution in [3.63, 3.8) is 0 Å². The van der Waals surface area contributed by atoms with E-state index in [0.717, 1.165) is 11.0 Å². The molecule has 1 heterocycles. The first-order valence-electron chi connectivity index (χ1n) is 7.91. The Bertz CT molecular complexity index is 894. The van der Waals surface area contributed by atoms with E-state index in [1.165, 1.54) is 25.3 Å². The summed E-state index contributed by atoms with van der Waals surface area (Å²) in [5, 5.41) is 9.68. The fourth-order valence-corrected chi connectivity index (χ4v) is 3.27. The van der Waals surface area contributed by atoms with Crippen molar-refractivity contribution < 1.29 is 27.8 Å². The Morgan fingerprint density at radius 1 is 1.22 bits per heavy atom. The lowest BCUT2D eigenvalue weighted by atomic mass is 9.94. The van der Waals surface area contributed by atoms with Gasteiger partial charge in [0.25, 0.3) is 0 Å². The molecule has 0 spiro atoms. The Morgan fingerprint density at radius 3 is 2.44 bits per heavy atom. The van der Waals surface area contributed by atoms with Gasteiger partial charge in [-0.3, -0.25) is 0 Å². The molecule has 0 amide bonds. The van der Waals surface area contributed by atoms with Crippen LogP contribution in [0.3, 0.4) is 0 Å². The minimum Gasteiger partial charge on any atom is -0.497 e. The Balaban J connectivity index is 2.11. The molecule has 0 saturated carbocycles. The zero-order valence-corrected chi connectivity index (χ0v) is 14.9. The predicted molar refractivity (Wildman–Crippen MR) is 96.1 cm³/mol. The van der Waals surface area contributed by atoms with Crippen LogP contribution in [0.5, 0.6) is 5.75 Å². The predicted octanol–water partition coefficient (Wildman–Crippen LogP) is 4.77. The molecule has 0 bridgehead atoms. The lowest BCUT2D eigenvalue weighted by molar-refractivity contribution is -0.150. The van der Waals surface area contributed by atoms with Gasteiger partial charge in [-0.15, -0.1) is 0 Å². The largest absolute Gasteiger partial charge is 0.497 e. The van der Waals surface area contributed by atoms with Crippen LogP contribution in [0.25, 0.3) is 6.08 Å². The molecule has 0 aromatic heterocycles. The highest BCUT2D eigenvalue weighted by molar-refractivity contribution is 6.30. The first-order valence-corrected chi connectivity index (χ1v) is 8.29. The van der Waals surface area contributed by atoms with Crippen LogP contribution in [-0.4, -0.2) is 30.4 Å². The molecule has 3 rings (SSSR count). The lowest BCUT2D eigenvalue weighted by Gasteiger charge is -2.39. The quantitative estimate of drug-likeness (QED) is 0.807. The number of aliphatic carboxylic acids is 1. The molecule has 27 heavy (non-hydrogen) atoms. The number of ether oxygens (including phenoxy) is 1. The number of carboxylic acid groups (broad SMARTS) is 1. The molecule has 2 aromatic carbocycles. The highest BCUT2D eigenvalue weighted by atomic mass is 35.5. The molecule has 1 N–H and O–H groups in total. The van der Waals surface area contributed by atoms with E-state index in [9.17, 15) is 23.1 Å². The van der Waals surface area contributed by atoms with E-state index in [-0.39, 0.29) is 12.2 Å². The number of methoxy groups -OCH3 is 1. The highest BCUT2D eigenvalue weighted by Gasteiger charge is 2.50. The summed E-state index contributed by atoms with van der Waals surface area (Å²) in [7, 11) is 1.49. The number of hydrogen-bond donors (Lipinski definition) is 1. The maximum Gasteiger partial charge on any atom is 0.413 e. The van der Waals surface area contributed by atoms with Crippen LogP contribution < -0.4 is 9.64 Å². The second-order valence-corrected chi connectivity index (χ2v) is 6.46. The van der Waals surface area contributed by atoms with Crippen molar-refractivity contribution in [3.05, 3.63) is 64.2 Å². The normalized spacial score (nSPS) is 16.6. The number of carboxylic acids is 1. The maximum absolute atomic E-state index is 13.8. The van der Waals surface area contributed by atoms with E-state index in [0.29, 0.717) is 21.9 Å². The summed E-state index contributed by atoms with van der Waals surface area (Å²) in [6, 6.07) is 8.68. The molecule has 1 atom stereocenters. The van der Waals surface area contributed by atoms with Gasteiger partial charge >= 0.3 is 12.1 Å².